The molecule has 0 aliphatic rings. The number of rotatable bonds is 12. The van der Waals surface area contributed by atoms with Crippen molar-refractivity contribution in [3.8, 4) is 0 Å². The van der Waals surface area contributed by atoms with E-state index in [1.807, 2.05) is 11.8 Å². The van der Waals surface area contributed by atoms with E-state index in [0.29, 0.717) is 5.84 Å². The van der Waals surface area contributed by atoms with Crippen molar-refractivity contribution in [1.82, 2.24) is 26.0 Å². The van der Waals surface area contributed by atoms with Crippen LogP contribution in [-0.4, -0.2) is 38.0 Å². The molecule has 138 valence electrons. The summed E-state index contributed by atoms with van der Waals surface area (Å²) in [5, 5.41) is 18.0. The Hall–Kier alpha value is -1.35. The SMILES string of the molecule is CC(CCCCSCCCCC(C)(C)c1nn[nH]n1)/C(=N/N)NN. The van der Waals surface area contributed by atoms with Crippen molar-refractivity contribution < 1.29 is 0 Å². The normalized spacial score (nSPS) is 13.9. The van der Waals surface area contributed by atoms with Crippen LogP contribution in [-0.2, 0) is 5.41 Å². The molecule has 1 rings (SSSR count). The minimum atomic E-state index is -0.00686. The molecule has 9 heteroatoms. The van der Waals surface area contributed by atoms with Crippen molar-refractivity contribution in [3.05, 3.63) is 5.82 Å². The monoisotopic (exact) mass is 356 g/mol. The van der Waals surface area contributed by atoms with Gasteiger partial charge in [-0.05, 0) is 37.2 Å². The van der Waals surface area contributed by atoms with Gasteiger partial charge in [0.2, 0.25) is 0 Å². The van der Waals surface area contributed by atoms with Crippen LogP contribution in [0.4, 0.5) is 0 Å². The molecule has 1 aromatic rings. The molecule has 1 heterocycles. The predicted molar refractivity (Wildman–Crippen MR) is 100 cm³/mol. The molecule has 24 heavy (non-hydrogen) atoms. The first-order valence-electron chi connectivity index (χ1n) is 8.57. The summed E-state index contributed by atoms with van der Waals surface area (Å²) in [4.78, 5) is 0. The average Bonchev–Trinajstić information content (AvgIpc) is 3.09. The Morgan fingerprint density at radius 1 is 1.29 bits per heavy atom. The van der Waals surface area contributed by atoms with Crippen molar-refractivity contribution in [3.63, 3.8) is 0 Å². The smallest absolute Gasteiger partial charge is 0.180 e. The van der Waals surface area contributed by atoms with Crippen LogP contribution >= 0.6 is 11.8 Å². The summed E-state index contributed by atoms with van der Waals surface area (Å²) < 4.78 is 0. The molecule has 0 aromatic carbocycles. The van der Waals surface area contributed by atoms with Gasteiger partial charge in [0.05, 0.1) is 0 Å². The third kappa shape index (κ3) is 7.48. The van der Waals surface area contributed by atoms with E-state index in [9.17, 15) is 0 Å². The predicted octanol–water partition coefficient (Wildman–Crippen LogP) is 1.92. The summed E-state index contributed by atoms with van der Waals surface area (Å²) in [5.74, 6) is 14.8. The maximum absolute atomic E-state index is 5.37. The van der Waals surface area contributed by atoms with Crippen LogP contribution in [0.5, 0.6) is 0 Å². The minimum absolute atomic E-state index is 0.00686. The van der Waals surface area contributed by atoms with Gasteiger partial charge in [-0.2, -0.15) is 22.1 Å². The molecular weight excluding hydrogens is 324 g/mol. The second-order valence-corrected chi connectivity index (χ2v) is 7.97. The standard InChI is InChI=1S/C15H32N8S/c1-12(13(18-16)19-17)8-4-6-10-24-11-7-5-9-15(2,3)14-20-22-23-21-14/h12H,4-11,16-17H2,1-3H3,(H,18,19)(H,20,21,22,23). The van der Waals surface area contributed by atoms with Crippen LogP contribution in [0.3, 0.4) is 0 Å². The van der Waals surface area contributed by atoms with Gasteiger partial charge in [0.1, 0.15) is 5.84 Å². The molecule has 0 aliphatic heterocycles. The topological polar surface area (TPSA) is 131 Å². The number of hydrazone groups is 1. The third-order valence-electron chi connectivity index (χ3n) is 4.22. The number of hydrazine groups is 1. The summed E-state index contributed by atoms with van der Waals surface area (Å²) in [5.41, 5.74) is 2.55. The van der Waals surface area contributed by atoms with Gasteiger partial charge >= 0.3 is 0 Å². The second-order valence-electron chi connectivity index (χ2n) is 6.74. The third-order valence-corrected chi connectivity index (χ3v) is 5.38. The number of aromatic amines is 1. The number of aromatic nitrogens is 4. The Balaban J connectivity index is 1.99. The number of hydrogen-bond donors (Lipinski definition) is 4. The summed E-state index contributed by atoms with van der Waals surface area (Å²) in [6, 6.07) is 0. The number of nitrogens with two attached hydrogens (primary N) is 2. The number of nitrogens with zero attached hydrogens (tertiary/aromatic N) is 4. The van der Waals surface area contributed by atoms with E-state index in [1.165, 1.54) is 37.2 Å². The van der Waals surface area contributed by atoms with E-state index >= 15 is 0 Å². The fourth-order valence-corrected chi connectivity index (χ4v) is 3.55. The summed E-state index contributed by atoms with van der Waals surface area (Å²) in [6.45, 7) is 6.42. The zero-order valence-corrected chi connectivity index (χ0v) is 15.9. The molecule has 0 radical (unpaired) electrons. The fourth-order valence-electron chi connectivity index (χ4n) is 2.53. The van der Waals surface area contributed by atoms with Gasteiger partial charge in [-0.25, -0.2) is 5.84 Å². The van der Waals surface area contributed by atoms with Crippen molar-refractivity contribution in [2.45, 2.75) is 64.7 Å². The van der Waals surface area contributed by atoms with Crippen molar-refractivity contribution in [2.24, 2.45) is 22.7 Å². The lowest BCUT2D eigenvalue weighted by Crippen LogP contribution is -2.36. The van der Waals surface area contributed by atoms with Crippen molar-refractivity contribution in [1.29, 1.82) is 0 Å². The zero-order valence-electron chi connectivity index (χ0n) is 15.1. The van der Waals surface area contributed by atoms with Gasteiger partial charge in [0.25, 0.3) is 0 Å². The number of tetrazole rings is 1. The van der Waals surface area contributed by atoms with Gasteiger partial charge in [0.15, 0.2) is 5.82 Å². The molecule has 6 N–H and O–H groups in total. The first-order valence-corrected chi connectivity index (χ1v) is 9.72. The quantitative estimate of drug-likeness (QED) is 0.148. The number of amidine groups is 1. The van der Waals surface area contributed by atoms with Crippen LogP contribution in [0.1, 0.15) is 65.1 Å². The maximum atomic E-state index is 5.37. The van der Waals surface area contributed by atoms with Crippen LogP contribution in [0.2, 0.25) is 0 Å². The van der Waals surface area contributed by atoms with Crippen molar-refractivity contribution >= 4 is 17.6 Å². The molecule has 0 saturated heterocycles. The molecule has 1 atom stereocenters. The summed E-state index contributed by atoms with van der Waals surface area (Å²) >= 11 is 2.03. The first kappa shape index (κ1) is 20.7. The minimum Gasteiger partial charge on any atom is -0.322 e. The average molecular weight is 357 g/mol. The summed E-state index contributed by atoms with van der Waals surface area (Å²) in [7, 11) is 0. The summed E-state index contributed by atoms with van der Waals surface area (Å²) in [6.07, 6.45) is 6.93. The van der Waals surface area contributed by atoms with Crippen molar-refractivity contribution in [2.75, 3.05) is 11.5 Å². The largest absolute Gasteiger partial charge is 0.322 e. The Kier molecular flexibility index (Phi) is 9.70. The Morgan fingerprint density at radius 2 is 2.00 bits per heavy atom. The molecule has 0 spiro atoms. The van der Waals surface area contributed by atoms with Gasteiger partial charge in [-0.15, -0.1) is 10.2 Å². The van der Waals surface area contributed by atoms with Gasteiger partial charge in [0, 0.05) is 11.3 Å². The lowest BCUT2D eigenvalue weighted by Gasteiger charge is -2.19. The lowest BCUT2D eigenvalue weighted by atomic mass is 9.86. The second kappa shape index (κ2) is 11.2. The zero-order chi connectivity index (χ0) is 17.8. The highest BCUT2D eigenvalue weighted by molar-refractivity contribution is 7.99. The fraction of sp³-hybridized carbons (Fsp3) is 0.867. The Bertz CT molecular complexity index is 460. The number of nitrogens with one attached hydrogen (secondary N) is 2. The molecule has 1 unspecified atom stereocenters. The number of H-pyrrole nitrogens is 1. The van der Waals surface area contributed by atoms with E-state index in [0.717, 1.165) is 18.7 Å². The van der Waals surface area contributed by atoms with Gasteiger partial charge in [-0.1, -0.05) is 38.8 Å². The molecule has 0 amide bonds. The molecule has 0 fully saturated rings. The molecule has 0 saturated carbocycles. The number of unbranched alkanes of at least 4 members (excludes halogenated alkanes) is 2. The van der Waals surface area contributed by atoms with Gasteiger partial charge in [-0.3, -0.25) is 0 Å². The molecule has 0 aliphatic carbocycles. The first-order chi connectivity index (χ1) is 11.5. The number of hydrogen-bond acceptors (Lipinski definition) is 7. The van der Waals surface area contributed by atoms with E-state index in [4.69, 9.17) is 11.7 Å². The van der Waals surface area contributed by atoms with E-state index < -0.39 is 0 Å². The highest BCUT2D eigenvalue weighted by atomic mass is 32.2. The highest BCUT2D eigenvalue weighted by Gasteiger charge is 2.24. The molecule has 1 aromatic heterocycles. The lowest BCUT2D eigenvalue weighted by molar-refractivity contribution is 0.433. The van der Waals surface area contributed by atoms with E-state index in [1.54, 1.807) is 0 Å². The van der Waals surface area contributed by atoms with Crippen LogP contribution in [0.25, 0.3) is 0 Å². The van der Waals surface area contributed by atoms with E-state index in [-0.39, 0.29) is 11.3 Å². The highest BCUT2D eigenvalue weighted by Crippen LogP contribution is 2.25. The van der Waals surface area contributed by atoms with Crippen LogP contribution in [0, 0.1) is 5.92 Å². The Morgan fingerprint density at radius 3 is 2.58 bits per heavy atom. The van der Waals surface area contributed by atoms with E-state index in [2.05, 4.69) is 51.9 Å². The maximum Gasteiger partial charge on any atom is 0.180 e. The Labute approximate surface area is 149 Å². The molecule has 8 nitrogen and oxygen atoms in total. The van der Waals surface area contributed by atoms with Crippen LogP contribution < -0.4 is 17.1 Å². The molecule has 0 bridgehead atoms. The van der Waals surface area contributed by atoms with Crippen LogP contribution in [0.15, 0.2) is 5.10 Å². The number of thioether (sulfide) groups is 1. The van der Waals surface area contributed by atoms with Gasteiger partial charge < -0.3 is 11.3 Å². The molecular formula is C15H32N8S.